The molecule has 26 heavy (non-hydrogen) atoms. The van der Waals surface area contributed by atoms with Gasteiger partial charge in [0.1, 0.15) is 0 Å². The molecule has 0 spiro atoms. The average molecular weight is 348 g/mol. The van der Waals surface area contributed by atoms with Gasteiger partial charge in [0.25, 0.3) is 0 Å². The molecule has 7 atom stereocenters. The molecule has 2 aromatic rings. The van der Waals surface area contributed by atoms with Crippen LogP contribution < -0.4 is 0 Å². The van der Waals surface area contributed by atoms with E-state index in [-0.39, 0.29) is 0 Å². The van der Waals surface area contributed by atoms with E-state index >= 15 is 0 Å². The van der Waals surface area contributed by atoms with E-state index in [0.717, 1.165) is 6.61 Å². The average Bonchev–Trinajstić information content (AvgIpc) is 3.49. The van der Waals surface area contributed by atoms with Crippen LogP contribution in [-0.2, 0) is 9.47 Å². The van der Waals surface area contributed by atoms with E-state index in [1.165, 1.54) is 30.4 Å². The first-order valence-electron chi connectivity index (χ1n) is 10.2. The minimum atomic E-state index is 0.312. The maximum Gasteiger partial charge on any atom is 0.0910 e. The monoisotopic (exact) mass is 348 g/mol. The minimum absolute atomic E-state index is 0.312. The molecule has 0 N–H and O–H groups in total. The lowest BCUT2D eigenvalue weighted by molar-refractivity contribution is -0.0422. The van der Waals surface area contributed by atoms with E-state index < -0.39 is 0 Å². The maximum absolute atomic E-state index is 6.26. The summed E-state index contributed by atoms with van der Waals surface area (Å²) in [7, 11) is 0. The first kappa shape index (κ1) is 16.5. The molecular weight excluding hydrogens is 320 g/mol. The highest BCUT2D eigenvalue weighted by Crippen LogP contribution is 2.52. The Labute approximate surface area is 156 Å². The molecule has 1 aliphatic carbocycles. The van der Waals surface area contributed by atoms with Crippen molar-refractivity contribution in [1.82, 2.24) is 0 Å². The van der Waals surface area contributed by atoms with Gasteiger partial charge in [-0.25, -0.2) is 0 Å². The zero-order valence-corrected chi connectivity index (χ0v) is 15.5. The fourth-order valence-corrected chi connectivity index (χ4v) is 5.38. The van der Waals surface area contributed by atoms with Gasteiger partial charge in [-0.05, 0) is 49.1 Å². The fraction of sp³-hybridized carbons (Fsp3) is 0.500. The Morgan fingerprint density at radius 2 is 1.35 bits per heavy atom. The van der Waals surface area contributed by atoms with Crippen LogP contribution in [0.15, 0.2) is 60.7 Å². The number of rotatable bonds is 3. The standard InChI is InChI=1S/C24H28O2/c1-16-21(17-8-4-2-5-9-17)13-20(15-25-16)19-12-22(24-23(14-19)26-24)18-10-6-3-7-11-18/h2-11,16,19-24H,12-15H2,1H3. The maximum atomic E-state index is 6.26. The number of benzene rings is 2. The van der Waals surface area contributed by atoms with E-state index in [1.54, 1.807) is 0 Å². The lowest BCUT2D eigenvalue weighted by Crippen LogP contribution is -2.37. The van der Waals surface area contributed by atoms with Gasteiger partial charge in [0, 0.05) is 11.8 Å². The summed E-state index contributed by atoms with van der Waals surface area (Å²) in [6.07, 6.45) is 4.96. The molecule has 2 heterocycles. The topological polar surface area (TPSA) is 21.8 Å². The molecule has 1 saturated carbocycles. The zero-order chi connectivity index (χ0) is 17.5. The summed E-state index contributed by atoms with van der Waals surface area (Å²) >= 11 is 0. The Morgan fingerprint density at radius 1 is 0.731 bits per heavy atom. The van der Waals surface area contributed by atoms with Crippen molar-refractivity contribution < 1.29 is 9.47 Å². The lowest BCUT2D eigenvalue weighted by atomic mass is 9.69. The van der Waals surface area contributed by atoms with Gasteiger partial charge < -0.3 is 9.47 Å². The van der Waals surface area contributed by atoms with Gasteiger partial charge >= 0.3 is 0 Å². The second-order valence-electron chi connectivity index (χ2n) is 8.44. The molecule has 0 bridgehead atoms. The Morgan fingerprint density at radius 3 is 2.04 bits per heavy atom. The SMILES string of the molecule is CC1OCC(C2CC3OC3C(c3ccccc3)C2)CC1c1ccccc1. The minimum Gasteiger partial charge on any atom is -0.378 e. The third kappa shape index (κ3) is 3.10. The van der Waals surface area contributed by atoms with Crippen molar-refractivity contribution in [1.29, 1.82) is 0 Å². The van der Waals surface area contributed by atoms with Crippen molar-refractivity contribution in [2.24, 2.45) is 11.8 Å². The highest BCUT2D eigenvalue weighted by molar-refractivity contribution is 5.25. The van der Waals surface area contributed by atoms with Crippen LogP contribution in [0.1, 0.15) is 49.1 Å². The molecule has 0 aromatic heterocycles. The van der Waals surface area contributed by atoms with Crippen LogP contribution in [0.25, 0.3) is 0 Å². The normalized spacial score (nSPS) is 39.2. The largest absolute Gasteiger partial charge is 0.378 e. The van der Waals surface area contributed by atoms with Gasteiger partial charge in [0.05, 0.1) is 24.9 Å². The van der Waals surface area contributed by atoms with Crippen molar-refractivity contribution in [2.75, 3.05) is 6.61 Å². The van der Waals surface area contributed by atoms with E-state index in [9.17, 15) is 0 Å². The zero-order valence-electron chi connectivity index (χ0n) is 15.5. The first-order valence-corrected chi connectivity index (χ1v) is 10.2. The molecule has 7 unspecified atom stereocenters. The highest BCUT2D eigenvalue weighted by atomic mass is 16.6. The summed E-state index contributed by atoms with van der Waals surface area (Å²) in [5.41, 5.74) is 2.88. The van der Waals surface area contributed by atoms with Crippen LogP contribution in [0.4, 0.5) is 0 Å². The van der Waals surface area contributed by atoms with Crippen molar-refractivity contribution >= 4 is 0 Å². The summed E-state index contributed by atoms with van der Waals surface area (Å²) in [5, 5.41) is 0. The van der Waals surface area contributed by atoms with E-state index in [1.807, 2.05) is 0 Å². The molecule has 3 aliphatic rings. The molecule has 0 radical (unpaired) electrons. The number of hydrogen-bond donors (Lipinski definition) is 0. The van der Waals surface area contributed by atoms with Crippen LogP contribution in [0.2, 0.25) is 0 Å². The lowest BCUT2D eigenvalue weighted by Gasteiger charge is -2.40. The highest BCUT2D eigenvalue weighted by Gasteiger charge is 2.52. The van der Waals surface area contributed by atoms with E-state index in [4.69, 9.17) is 9.47 Å². The number of epoxide rings is 1. The molecule has 0 amide bonds. The van der Waals surface area contributed by atoms with Gasteiger partial charge in [0.15, 0.2) is 0 Å². The molecule has 2 aliphatic heterocycles. The molecule has 136 valence electrons. The third-order valence-electron chi connectivity index (χ3n) is 6.93. The summed E-state index contributed by atoms with van der Waals surface area (Å²) in [5.74, 6) is 2.44. The molecular formula is C24H28O2. The van der Waals surface area contributed by atoms with Gasteiger partial charge in [-0.15, -0.1) is 0 Å². The molecule has 3 fully saturated rings. The summed E-state index contributed by atoms with van der Waals surface area (Å²) in [6, 6.07) is 21.9. The Hall–Kier alpha value is -1.64. The van der Waals surface area contributed by atoms with Crippen molar-refractivity contribution in [3.8, 4) is 0 Å². The second-order valence-corrected chi connectivity index (χ2v) is 8.44. The number of hydrogen-bond acceptors (Lipinski definition) is 2. The summed E-state index contributed by atoms with van der Waals surface area (Å²) in [4.78, 5) is 0. The van der Waals surface area contributed by atoms with Crippen LogP contribution in [0.3, 0.4) is 0 Å². The molecule has 2 saturated heterocycles. The molecule has 2 aromatic carbocycles. The first-order chi connectivity index (χ1) is 12.8. The van der Waals surface area contributed by atoms with Gasteiger partial charge in [0.2, 0.25) is 0 Å². The predicted molar refractivity (Wildman–Crippen MR) is 103 cm³/mol. The molecule has 2 heteroatoms. The van der Waals surface area contributed by atoms with Crippen LogP contribution >= 0.6 is 0 Å². The summed E-state index contributed by atoms with van der Waals surface area (Å²) < 4.78 is 12.3. The van der Waals surface area contributed by atoms with E-state index in [2.05, 4.69) is 67.6 Å². The third-order valence-corrected chi connectivity index (χ3v) is 6.93. The number of fused-ring (bicyclic) bond motifs is 1. The van der Waals surface area contributed by atoms with Gasteiger partial charge in [-0.2, -0.15) is 0 Å². The van der Waals surface area contributed by atoms with Crippen molar-refractivity contribution in [3.05, 3.63) is 71.8 Å². The van der Waals surface area contributed by atoms with Crippen molar-refractivity contribution in [3.63, 3.8) is 0 Å². The predicted octanol–water partition coefficient (Wildman–Crippen LogP) is 5.16. The van der Waals surface area contributed by atoms with Crippen LogP contribution in [0.5, 0.6) is 0 Å². The van der Waals surface area contributed by atoms with Gasteiger partial charge in [-0.1, -0.05) is 60.7 Å². The Kier molecular flexibility index (Phi) is 4.34. The molecule has 5 rings (SSSR count). The quantitative estimate of drug-likeness (QED) is 0.715. The Balaban J connectivity index is 1.33. The van der Waals surface area contributed by atoms with Crippen LogP contribution in [0, 0.1) is 11.8 Å². The van der Waals surface area contributed by atoms with Crippen LogP contribution in [-0.4, -0.2) is 24.9 Å². The Bertz CT molecular complexity index is 728. The van der Waals surface area contributed by atoms with Crippen molar-refractivity contribution in [2.45, 2.75) is 56.3 Å². The second kappa shape index (κ2) is 6.83. The van der Waals surface area contributed by atoms with E-state index in [0.29, 0.717) is 42.0 Å². The number of ether oxygens (including phenoxy) is 2. The summed E-state index contributed by atoms with van der Waals surface area (Å²) in [6.45, 7) is 3.15. The van der Waals surface area contributed by atoms with Gasteiger partial charge in [-0.3, -0.25) is 0 Å². The molecule has 2 nitrogen and oxygen atoms in total. The fourth-order valence-electron chi connectivity index (χ4n) is 5.38. The smallest absolute Gasteiger partial charge is 0.0910 e.